The summed E-state index contributed by atoms with van der Waals surface area (Å²) in [6, 6.07) is 57.6. The van der Waals surface area contributed by atoms with E-state index < -0.39 is 0 Å². The first-order chi connectivity index (χ1) is 23.8. The van der Waals surface area contributed by atoms with Crippen LogP contribution in [0.15, 0.2) is 162 Å². The standard InChI is InChI=1S/C46H26OS/c1-3-15-31-28(12-1)29-13-2-8-20-36(29)45-44(31)39-26-27(24-25-40(39)47-45)42-32-16-4-6-18-34(32)43(35-19-7-5-17-33(35)42)38-22-11-21-37-30-14-9-10-23-41(30)48-46(37)38/h1-26H. The fourth-order valence-corrected chi connectivity index (χ4v) is 9.46. The smallest absolute Gasteiger partial charge is 0.143 e. The van der Waals surface area contributed by atoms with Crippen molar-refractivity contribution in [2.75, 3.05) is 0 Å². The molecule has 0 saturated carbocycles. The van der Waals surface area contributed by atoms with Gasteiger partial charge in [0, 0.05) is 41.9 Å². The fraction of sp³-hybridized carbons (Fsp3) is 0. The first kappa shape index (κ1) is 26.1. The van der Waals surface area contributed by atoms with Crippen molar-refractivity contribution < 1.29 is 4.42 Å². The van der Waals surface area contributed by atoms with E-state index in [2.05, 4.69) is 158 Å². The Morgan fingerprint density at radius 2 is 0.917 bits per heavy atom. The molecule has 0 unspecified atom stereocenters. The largest absolute Gasteiger partial charge is 0.455 e. The molecule has 222 valence electrons. The quantitative estimate of drug-likeness (QED) is 0.137. The van der Waals surface area contributed by atoms with E-state index in [-0.39, 0.29) is 0 Å². The number of hydrogen-bond acceptors (Lipinski definition) is 2. The molecule has 11 rings (SSSR count). The number of rotatable bonds is 2. The average Bonchev–Trinajstić information content (AvgIpc) is 3.73. The van der Waals surface area contributed by atoms with E-state index in [1.165, 1.54) is 85.5 Å². The van der Waals surface area contributed by atoms with E-state index >= 15 is 0 Å². The summed E-state index contributed by atoms with van der Waals surface area (Å²) in [7, 11) is 0. The van der Waals surface area contributed by atoms with E-state index in [0.29, 0.717) is 0 Å². The lowest BCUT2D eigenvalue weighted by Gasteiger charge is -2.18. The van der Waals surface area contributed by atoms with E-state index in [1.807, 2.05) is 11.3 Å². The van der Waals surface area contributed by atoms with Crippen LogP contribution in [0.1, 0.15) is 0 Å². The summed E-state index contributed by atoms with van der Waals surface area (Å²) in [5, 5.41) is 14.9. The number of hydrogen-bond donors (Lipinski definition) is 0. The van der Waals surface area contributed by atoms with Crippen LogP contribution in [0, 0.1) is 0 Å². The molecule has 0 fully saturated rings. The second-order valence-corrected chi connectivity index (χ2v) is 13.8. The van der Waals surface area contributed by atoms with Crippen LogP contribution in [0.25, 0.3) is 107 Å². The molecule has 2 aromatic heterocycles. The second kappa shape index (κ2) is 9.78. The molecule has 0 aliphatic heterocycles. The molecular weight excluding hydrogens is 601 g/mol. The Hall–Kier alpha value is -5.96. The van der Waals surface area contributed by atoms with E-state index in [1.54, 1.807) is 0 Å². The van der Waals surface area contributed by atoms with Gasteiger partial charge in [-0.3, -0.25) is 0 Å². The van der Waals surface area contributed by atoms with Crippen LogP contribution in [0.5, 0.6) is 0 Å². The van der Waals surface area contributed by atoms with Crippen molar-refractivity contribution in [1.82, 2.24) is 0 Å². The Morgan fingerprint density at radius 1 is 0.375 bits per heavy atom. The summed E-state index contributed by atoms with van der Waals surface area (Å²) in [5.41, 5.74) is 6.92. The van der Waals surface area contributed by atoms with Crippen molar-refractivity contribution in [3.63, 3.8) is 0 Å². The SMILES string of the molecule is c1ccc2c(c1)sc1c(-c3c4ccccc4c(-c4ccc5oc6c7ccccc7c7ccccc7c6c5c4)c4ccccc34)cccc12. The Kier molecular flexibility index (Phi) is 5.32. The number of fused-ring (bicyclic) bond motifs is 13. The monoisotopic (exact) mass is 626 g/mol. The van der Waals surface area contributed by atoms with Gasteiger partial charge in [-0.15, -0.1) is 11.3 Å². The lowest BCUT2D eigenvalue weighted by Crippen LogP contribution is -1.91. The Balaban J connectivity index is 1.26. The molecule has 9 aromatic carbocycles. The van der Waals surface area contributed by atoms with Gasteiger partial charge in [0.2, 0.25) is 0 Å². The third-order valence-electron chi connectivity index (χ3n) is 10.2. The molecule has 0 amide bonds. The number of thiophene rings is 1. The van der Waals surface area contributed by atoms with Gasteiger partial charge in [0.05, 0.1) is 0 Å². The lowest BCUT2D eigenvalue weighted by molar-refractivity contribution is 0.673. The minimum atomic E-state index is 0.914. The maximum absolute atomic E-state index is 6.68. The van der Waals surface area contributed by atoms with Crippen LogP contribution < -0.4 is 0 Å². The molecule has 2 heterocycles. The zero-order valence-corrected chi connectivity index (χ0v) is 26.6. The van der Waals surface area contributed by atoms with Gasteiger partial charge in [-0.05, 0) is 72.6 Å². The van der Waals surface area contributed by atoms with E-state index in [4.69, 9.17) is 4.42 Å². The summed E-state index contributed by atoms with van der Waals surface area (Å²) in [6.45, 7) is 0. The Labute approximate surface area is 279 Å². The fourth-order valence-electron chi connectivity index (χ4n) is 8.24. The molecule has 0 radical (unpaired) electrons. The molecule has 0 bridgehead atoms. The summed E-state index contributed by atoms with van der Waals surface area (Å²) in [6.07, 6.45) is 0. The van der Waals surface area contributed by atoms with Gasteiger partial charge in [0.15, 0.2) is 0 Å². The molecule has 48 heavy (non-hydrogen) atoms. The van der Waals surface area contributed by atoms with Crippen LogP contribution in [0.3, 0.4) is 0 Å². The molecule has 0 aliphatic carbocycles. The van der Waals surface area contributed by atoms with Crippen molar-refractivity contribution >= 4 is 96.5 Å². The van der Waals surface area contributed by atoms with E-state index in [0.717, 1.165) is 21.9 Å². The highest BCUT2D eigenvalue weighted by Gasteiger charge is 2.21. The summed E-state index contributed by atoms with van der Waals surface area (Å²) >= 11 is 1.90. The van der Waals surface area contributed by atoms with Gasteiger partial charge in [0.25, 0.3) is 0 Å². The molecule has 2 heteroatoms. The van der Waals surface area contributed by atoms with Crippen LogP contribution in [0.4, 0.5) is 0 Å². The highest BCUT2D eigenvalue weighted by molar-refractivity contribution is 7.26. The molecule has 0 N–H and O–H groups in total. The maximum atomic E-state index is 6.68. The third-order valence-corrected chi connectivity index (χ3v) is 11.5. The number of furan rings is 1. The Bertz CT molecular complexity index is 3060. The normalized spacial score (nSPS) is 12.2. The van der Waals surface area contributed by atoms with Gasteiger partial charge in [-0.25, -0.2) is 0 Å². The predicted octanol–water partition coefficient (Wildman–Crippen LogP) is 13.9. The second-order valence-electron chi connectivity index (χ2n) is 12.7. The van der Waals surface area contributed by atoms with Crippen molar-refractivity contribution in [1.29, 1.82) is 0 Å². The van der Waals surface area contributed by atoms with Crippen LogP contribution in [-0.2, 0) is 0 Å². The van der Waals surface area contributed by atoms with Crippen molar-refractivity contribution in [2.45, 2.75) is 0 Å². The van der Waals surface area contributed by atoms with Gasteiger partial charge in [0.1, 0.15) is 11.2 Å². The van der Waals surface area contributed by atoms with Gasteiger partial charge in [-0.2, -0.15) is 0 Å². The zero-order chi connectivity index (χ0) is 31.3. The third kappa shape index (κ3) is 3.50. The molecule has 0 spiro atoms. The summed E-state index contributed by atoms with van der Waals surface area (Å²) in [4.78, 5) is 0. The Morgan fingerprint density at radius 3 is 1.62 bits per heavy atom. The molecule has 0 saturated heterocycles. The minimum Gasteiger partial charge on any atom is -0.455 e. The minimum absolute atomic E-state index is 0.914. The number of benzene rings is 9. The van der Waals surface area contributed by atoms with Crippen molar-refractivity contribution in [2.24, 2.45) is 0 Å². The first-order valence-electron chi connectivity index (χ1n) is 16.4. The van der Waals surface area contributed by atoms with Gasteiger partial charge >= 0.3 is 0 Å². The van der Waals surface area contributed by atoms with Gasteiger partial charge < -0.3 is 4.42 Å². The molecule has 0 atom stereocenters. The summed E-state index contributed by atoms with van der Waals surface area (Å²) < 4.78 is 9.35. The van der Waals surface area contributed by atoms with Crippen LogP contribution in [0.2, 0.25) is 0 Å². The zero-order valence-electron chi connectivity index (χ0n) is 25.8. The van der Waals surface area contributed by atoms with Crippen LogP contribution >= 0.6 is 11.3 Å². The van der Waals surface area contributed by atoms with Crippen molar-refractivity contribution in [3.8, 4) is 22.3 Å². The molecular formula is C46H26OS. The molecule has 0 aliphatic rings. The first-order valence-corrected chi connectivity index (χ1v) is 17.3. The van der Waals surface area contributed by atoms with Gasteiger partial charge in [-0.1, -0.05) is 140 Å². The topological polar surface area (TPSA) is 13.1 Å². The predicted molar refractivity (Wildman–Crippen MR) is 208 cm³/mol. The highest BCUT2D eigenvalue weighted by atomic mass is 32.1. The highest BCUT2D eigenvalue weighted by Crippen LogP contribution is 2.49. The maximum Gasteiger partial charge on any atom is 0.143 e. The van der Waals surface area contributed by atoms with Crippen LogP contribution in [-0.4, -0.2) is 0 Å². The molecule has 1 nitrogen and oxygen atoms in total. The molecule has 11 aromatic rings. The average molecular weight is 627 g/mol. The summed E-state index contributed by atoms with van der Waals surface area (Å²) in [5.74, 6) is 0. The van der Waals surface area contributed by atoms with Crippen molar-refractivity contribution in [3.05, 3.63) is 158 Å². The lowest BCUT2D eigenvalue weighted by atomic mass is 9.85. The van der Waals surface area contributed by atoms with E-state index in [9.17, 15) is 0 Å².